The number of amides is 1. The lowest BCUT2D eigenvalue weighted by Crippen LogP contribution is -2.47. The summed E-state index contributed by atoms with van der Waals surface area (Å²) in [5.74, 6) is 2.02. The summed E-state index contributed by atoms with van der Waals surface area (Å²) in [4.78, 5) is 21.8. The van der Waals surface area contributed by atoms with E-state index in [0.717, 1.165) is 61.6 Å². The van der Waals surface area contributed by atoms with Crippen LogP contribution in [0.2, 0.25) is 0 Å². The molecule has 0 unspecified atom stereocenters. The molecule has 2 saturated carbocycles. The molecular formula is C28H40N2O2S. The molecule has 0 spiro atoms. The molecule has 0 radical (unpaired) electrons. The Hall–Kier alpha value is -1.88. The zero-order chi connectivity index (χ0) is 23.6. The predicted octanol–water partition coefficient (Wildman–Crippen LogP) is 7.30. The van der Waals surface area contributed by atoms with Gasteiger partial charge in [0.05, 0.1) is 5.69 Å². The molecule has 0 N–H and O–H groups in total. The smallest absolute Gasteiger partial charge is 0.230 e. The Balaban J connectivity index is 1.49. The highest BCUT2D eigenvalue weighted by molar-refractivity contribution is 7.10. The molecule has 2 heterocycles. The summed E-state index contributed by atoms with van der Waals surface area (Å²) in [6.07, 6.45) is 10.3. The van der Waals surface area contributed by atoms with Gasteiger partial charge < -0.3 is 9.64 Å². The number of aryl methyl sites for hydroxylation is 1. The summed E-state index contributed by atoms with van der Waals surface area (Å²) in [6.45, 7) is 11.1. The zero-order valence-corrected chi connectivity index (χ0v) is 21.8. The van der Waals surface area contributed by atoms with Crippen LogP contribution in [0.4, 0.5) is 5.69 Å². The van der Waals surface area contributed by atoms with Gasteiger partial charge in [-0.3, -0.25) is 4.79 Å². The number of ether oxygens (including phenoxy) is 1. The fourth-order valence-corrected chi connectivity index (χ4v) is 6.21. The van der Waals surface area contributed by atoms with Crippen molar-refractivity contribution in [2.75, 3.05) is 4.90 Å². The molecule has 0 bridgehead atoms. The van der Waals surface area contributed by atoms with Gasteiger partial charge in [-0.25, -0.2) is 4.98 Å². The molecule has 4 nitrogen and oxygen atoms in total. The third-order valence-corrected chi connectivity index (χ3v) is 8.80. The summed E-state index contributed by atoms with van der Waals surface area (Å²) in [5, 5.41) is 2.21. The van der Waals surface area contributed by atoms with E-state index in [4.69, 9.17) is 4.74 Å². The maximum absolute atomic E-state index is 13.9. The second-order valence-corrected chi connectivity index (χ2v) is 12.2. The molecule has 0 atom stereocenters. The van der Waals surface area contributed by atoms with Crippen LogP contribution in [0.15, 0.2) is 29.8 Å². The number of pyridine rings is 1. The van der Waals surface area contributed by atoms with Crippen LogP contribution in [-0.2, 0) is 10.2 Å². The van der Waals surface area contributed by atoms with Crippen molar-refractivity contribution in [2.45, 2.75) is 104 Å². The van der Waals surface area contributed by atoms with Crippen molar-refractivity contribution in [3.05, 3.63) is 40.2 Å². The highest BCUT2D eigenvalue weighted by atomic mass is 32.1. The quantitative estimate of drug-likeness (QED) is 0.462. The molecular weight excluding hydrogens is 428 g/mol. The molecule has 2 aliphatic rings. The summed E-state index contributed by atoms with van der Waals surface area (Å²) in [5.41, 5.74) is 2.29. The molecule has 0 saturated heterocycles. The summed E-state index contributed by atoms with van der Waals surface area (Å²) < 4.78 is 6.24. The van der Waals surface area contributed by atoms with Gasteiger partial charge >= 0.3 is 0 Å². The van der Waals surface area contributed by atoms with Crippen LogP contribution in [0.3, 0.4) is 0 Å². The van der Waals surface area contributed by atoms with Gasteiger partial charge in [0.25, 0.3) is 0 Å². The highest BCUT2D eigenvalue weighted by Crippen LogP contribution is 2.39. The molecule has 1 amide bonds. The number of nitrogens with zero attached hydrogens (tertiary/aromatic N) is 2. The Morgan fingerprint density at radius 2 is 1.79 bits per heavy atom. The van der Waals surface area contributed by atoms with Gasteiger partial charge in [-0.05, 0) is 81.8 Å². The molecule has 5 heteroatoms. The van der Waals surface area contributed by atoms with E-state index in [2.05, 4.69) is 49.0 Å². The van der Waals surface area contributed by atoms with Crippen molar-refractivity contribution in [1.29, 1.82) is 0 Å². The van der Waals surface area contributed by atoms with Crippen LogP contribution >= 0.6 is 11.3 Å². The molecule has 2 aromatic rings. The summed E-state index contributed by atoms with van der Waals surface area (Å²) >= 11 is 1.79. The Bertz CT molecular complexity index is 931. The Morgan fingerprint density at radius 3 is 2.39 bits per heavy atom. The Morgan fingerprint density at radius 1 is 1.09 bits per heavy atom. The average molecular weight is 469 g/mol. The van der Waals surface area contributed by atoms with Crippen molar-refractivity contribution < 1.29 is 9.53 Å². The van der Waals surface area contributed by atoms with E-state index in [9.17, 15) is 4.79 Å². The molecule has 2 aromatic heterocycles. The lowest BCUT2D eigenvalue weighted by atomic mass is 9.81. The van der Waals surface area contributed by atoms with E-state index in [1.54, 1.807) is 17.5 Å². The first-order valence-electron chi connectivity index (χ1n) is 12.7. The van der Waals surface area contributed by atoms with E-state index in [1.165, 1.54) is 17.7 Å². The first-order chi connectivity index (χ1) is 15.7. The normalized spacial score (nSPS) is 26.1. The number of aromatic nitrogens is 1. The predicted molar refractivity (Wildman–Crippen MR) is 137 cm³/mol. The van der Waals surface area contributed by atoms with E-state index in [1.807, 2.05) is 19.1 Å². The monoisotopic (exact) mass is 468 g/mol. The van der Waals surface area contributed by atoms with E-state index >= 15 is 0 Å². The molecule has 0 aromatic carbocycles. The SMILES string of the molecule is Cc1cccnc1OC1CCC(N(C(=O)C2CCC(C)CC2)c2csc(C(C)(C)C)c2)CC1. The largest absolute Gasteiger partial charge is 0.474 e. The van der Waals surface area contributed by atoms with Crippen molar-refractivity contribution in [1.82, 2.24) is 4.98 Å². The molecule has 33 heavy (non-hydrogen) atoms. The summed E-state index contributed by atoms with van der Waals surface area (Å²) in [7, 11) is 0. The Labute approximate surface area is 203 Å². The minimum Gasteiger partial charge on any atom is -0.474 e. The number of thiophene rings is 1. The molecule has 0 aliphatic heterocycles. The van der Waals surface area contributed by atoms with Gasteiger partial charge in [-0.1, -0.05) is 33.8 Å². The summed E-state index contributed by atoms with van der Waals surface area (Å²) in [6, 6.07) is 6.52. The van der Waals surface area contributed by atoms with E-state index in [0.29, 0.717) is 5.91 Å². The lowest BCUT2D eigenvalue weighted by Gasteiger charge is -2.39. The van der Waals surface area contributed by atoms with E-state index < -0.39 is 0 Å². The van der Waals surface area contributed by atoms with Crippen LogP contribution in [0.25, 0.3) is 0 Å². The maximum atomic E-state index is 13.9. The first-order valence-corrected chi connectivity index (χ1v) is 13.6. The zero-order valence-electron chi connectivity index (χ0n) is 21.0. The molecule has 4 rings (SSSR count). The van der Waals surface area contributed by atoms with Crippen LogP contribution < -0.4 is 9.64 Å². The Kier molecular flexibility index (Phi) is 7.47. The van der Waals surface area contributed by atoms with Crippen LogP contribution in [0.1, 0.15) is 89.5 Å². The number of carbonyl (C=O) groups excluding carboxylic acids is 1. The average Bonchev–Trinajstić information content (AvgIpc) is 3.27. The number of anilines is 1. The van der Waals surface area contributed by atoms with Crippen LogP contribution in [-0.4, -0.2) is 23.0 Å². The number of hydrogen-bond donors (Lipinski definition) is 0. The highest BCUT2D eigenvalue weighted by Gasteiger charge is 2.36. The lowest BCUT2D eigenvalue weighted by molar-refractivity contribution is -0.124. The minimum atomic E-state index is 0.101. The molecule has 180 valence electrons. The van der Waals surface area contributed by atoms with Crippen molar-refractivity contribution in [2.24, 2.45) is 11.8 Å². The number of carbonyl (C=O) groups is 1. The minimum absolute atomic E-state index is 0.101. The van der Waals surface area contributed by atoms with Gasteiger partial charge in [0.2, 0.25) is 11.8 Å². The molecule has 2 fully saturated rings. The van der Waals surface area contributed by atoms with Gasteiger partial charge in [0.15, 0.2) is 0 Å². The fourth-order valence-electron chi connectivity index (χ4n) is 5.24. The van der Waals surface area contributed by atoms with Crippen molar-refractivity contribution in [3.8, 4) is 5.88 Å². The fraction of sp³-hybridized carbons (Fsp3) is 0.643. The first kappa shape index (κ1) is 24.3. The van der Waals surface area contributed by atoms with Crippen LogP contribution in [0.5, 0.6) is 5.88 Å². The number of rotatable bonds is 5. The van der Waals surface area contributed by atoms with Crippen molar-refractivity contribution >= 4 is 22.9 Å². The van der Waals surface area contributed by atoms with Gasteiger partial charge in [-0.15, -0.1) is 11.3 Å². The third-order valence-electron chi connectivity index (χ3n) is 7.45. The van der Waals surface area contributed by atoms with Gasteiger partial charge in [-0.2, -0.15) is 0 Å². The maximum Gasteiger partial charge on any atom is 0.230 e. The van der Waals surface area contributed by atoms with Crippen LogP contribution in [0, 0.1) is 18.8 Å². The number of hydrogen-bond acceptors (Lipinski definition) is 4. The standard InChI is InChI=1S/C28H40N2O2S/c1-19-8-10-21(11-9-19)27(31)30(23-17-25(33-18-23)28(3,4)5)22-12-14-24(15-13-22)32-26-20(2)7-6-16-29-26/h6-7,16-19,21-22,24H,8-15H2,1-5H3. The van der Waals surface area contributed by atoms with Gasteiger partial charge in [0.1, 0.15) is 6.10 Å². The second kappa shape index (κ2) is 10.2. The second-order valence-electron chi connectivity index (χ2n) is 11.3. The third kappa shape index (κ3) is 5.79. The van der Waals surface area contributed by atoms with E-state index in [-0.39, 0.29) is 23.5 Å². The van der Waals surface area contributed by atoms with Crippen molar-refractivity contribution in [3.63, 3.8) is 0 Å². The molecule has 2 aliphatic carbocycles. The topological polar surface area (TPSA) is 42.4 Å². The van der Waals surface area contributed by atoms with Gasteiger partial charge in [0, 0.05) is 34.0 Å².